The minimum atomic E-state index is -4.49. The summed E-state index contributed by atoms with van der Waals surface area (Å²) in [5, 5.41) is 10.9. The number of amides is 1. The van der Waals surface area contributed by atoms with Crippen molar-refractivity contribution in [2.24, 2.45) is 0 Å². The third-order valence-electron chi connectivity index (χ3n) is 3.33. The molecule has 0 atom stereocenters. The van der Waals surface area contributed by atoms with E-state index in [1.807, 2.05) is 6.07 Å². The lowest BCUT2D eigenvalue weighted by Crippen LogP contribution is -2.24. The fourth-order valence-corrected chi connectivity index (χ4v) is 3.04. The maximum absolute atomic E-state index is 12.2. The number of benzene rings is 1. The van der Waals surface area contributed by atoms with Crippen molar-refractivity contribution in [1.82, 2.24) is 9.71 Å². The monoisotopic (exact) mass is 428 g/mol. The summed E-state index contributed by atoms with van der Waals surface area (Å²) in [5.74, 6) is -0.823. The van der Waals surface area contributed by atoms with Gasteiger partial charge in [0.05, 0.1) is 22.8 Å². The highest BCUT2D eigenvalue weighted by molar-refractivity contribution is 7.89. The number of pyridine rings is 1. The lowest BCUT2D eigenvalue weighted by molar-refractivity contribution is -0.154. The van der Waals surface area contributed by atoms with Gasteiger partial charge in [0.25, 0.3) is 5.91 Å². The zero-order valence-corrected chi connectivity index (χ0v) is 15.5. The molecule has 1 aromatic heterocycles. The van der Waals surface area contributed by atoms with Crippen LogP contribution in [0.4, 0.5) is 18.9 Å². The number of nitrogens with zero attached hydrogens (tertiary/aromatic N) is 2. The fraction of sp³-hybridized carbons (Fsp3) is 0.235. The van der Waals surface area contributed by atoms with Crippen LogP contribution in [0.2, 0.25) is 0 Å². The fourth-order valence-electron chi connectivity index (χ4n) is 2.01. The summed E-state index contributed by atoms with van der Waals surface area (Å²) in [6, 6.07) is 9.35. The van der Waals surface area contributed by atoms with Gasteiger partial charge in [-0.2, -0.15) is 18.4 Å². The first-order chi connectivity index (χ1) is 13.6. The van der Waals surface area contributed by atoms with Crippen molar-refractivity contribution >= 4 is 21.6 Å². The molecule has 0 saturated carbocycles. The molecule has 29 heavy (non-hydrogen) atoms. The van der Waals surface area contributed by atoms with Crippen molar-refractivity contribution < 1.29 is 31.1 Å². The number of sulfonamides is 1. The van der Waals surface area contributed by atoms with Crippen LogP contribution in [0.3, 0.4) is 0 Å². The van der Waals surface area contributed by atoms with Crippen LogP contribution in [0.5, 0.6) is 5.88 Å². The second-order valence-electron chi connectivity index (χ2n) is 5.57. The summed E-state index contributed by atoms with van der Waals surface area (Å²) >= 11 is 0. The Balaban J connectivity index is 1.98. The molecule has 2 rings (SSSR count). The number of nitriles is 1. The molecule has 1 amide bonds. The van der Waals surface area contributed by atoms with Crippen LogP contribution in [0.25, 0.3) is 0 Å². The number of rotatable bonds is 8. The van der Waals surface area contributed by atoms with Crippen molar-refractivity contribution in [3.05, 3.63) is 48.2 Å². The van der Waals surface area contributed by atoms with Gasteiger partial charge in [0.15, 0.2) is 6.61 Å². The molecule has 2 N–H and O–H groups in total. The summed E-state index contributed by atoms with van der Waals surface area (Å²) in [6.45, 7) is -1.51. The number of nitrogens with one attached hydrogen (secondary N) is 2. The molecule has 2 aromatic rings. The number of aromatic nitrogens is 1. The lowest BCUT2D eigenvalue weighted by atomic mass is 10.2. The minimum absolute atomic E-state index is 0.0216. The Morgan fingerprint density at radius 2 is 1.86 bits per heavy atom. The standard InChI is InChI=1S/C17H15F3N4O4S/c18-17(19,20)11-28-15-7-4-13(10-22-15)24-16(25)12-2-5-14(6-3-12)29(26,27)23-9-1-8-21/h2-7,10,23H,1,9,11H2,(H,24,25). The molecule has 8 nitrogen and oxygen atoms in total. The first kappa shape index (κ1) is 22.1. The Kier molecular flexibility index (Phi) is 7.13. The van der Waals surface area contributed by atoms with Crippen molar-refractivity contribution in [2.45, 2.75) is 17.5 Å². The summed E-state index contributed by atoms with van der Waals surface area (Å²) in [7, 11) is -3.79. The molecule has 0 fully saturated rings. The van der Waals surface area contributed by atoms with Gasteiger partial charge in [-0.3, -0.25) is 4.79 Å². The molecule has 0 saturated heterocycles. The van der Waals surface area contributed by atoms with Gasteiger partial charge in [-0.25, -0.2) is 18.1 Å². The Bertz CT molecular complexity index is 985. The molecule has 0 radical (unpaired) electrons. The van der Waals surface area contributed by atoms with Crippen LogP contribution in [0.15, 0.2) is 47.5 Å². The first-order valence-corrected chi connectivity index (χ1v) is 9.53. The van der Waals surface area contributed by atoms with Crippen molar-refractivity contribution in [3.8, 4) is 11.9 Å². The first-order valence-electron chi connectivity index (χ1n) is 8.04. The van der Waals surface area contributed by atoms with Gasteiger partial charge >= 0.3 is 6.18 Å². The van der Waals surface area contributed by atoms with Gasteiger partial charge in [0.2, 0.25) is 15.9 Å². The predicted octanol–water partition coefficient (Wildman–Crippen LogP) is 2.47. The number of ether oxygens (including phenoxy) is 1. The molecule has 0 aliphatic heterocycles. The van der Waals surface area contributed by atoms with Crippen molar-refractivity contribution in [2.75, 3.05) is 18.5 Å². The van der Waals surface area contributed by atoms with E-state index in [0.29, 0.717) is 0 Å². The zero-order chi connectivity index (χ0) is 21.5. The van der Waals surface area contributed by atoms with E-state index in [2.05, 4.69) is 19.8 Å². The number of carbonyl (C=O) groups is 1. The molecule has 154 valence electrons. The van der Waals surface area contributed by atoms with Crippen LogP contribution in [0.1, 0.15) is 16.8 Å². The molecule has 0 aliphatic rings. The van der Waals surface area contributed by atoms with Gasteiger partial charge in [0.1, 0.15) is 0 Å². The van der Waals surface area contributed by atoms with Crippen LogP contribution in [0, 0.1) is 11.3 Å². The number of alkyl halides is 3. The van der Waals surface area contributed by atoms with Crippen LogP contribution >= 0.6 is 0 Å². The topological polar surface area (TPSA) is 121 Å². The summed E-state index contributed by atoms with van der Waals surface area (Å²) in [5.41, 5.74) is 0.364. The van der Waals surface area contributed by atoms with Crippen LogP contribution in [-0.4, -0.2) is 38.6 Å². The third-order valence-corrected chi connectivity index (χ3v) is 4.81. The maximum atomic E-state index is 12.2. The van der Waals surface area contributed by atoms with Crippen molar-refractivity contribution in [3.63, 3.8) is 0 Å². The van der Waals surface area contributed by atoms with E-state index >= 15 is 0 Å². The highest BCUT2D eigenvalue weighted by atomic mass is 32.2. The van der Waals surface area contributed by atoms with E-state index in [1.165, 1.54) is 36.4 Å². The molecule has 0 unspecified atom stereocenters. The quantitative estimate of drug-likeness (QED) is 0.623. The molecule has 1 heterocycles. The number of anilines is 1. The predicted molar refractivity (Wildman–Crippen MR) is 95.6 cm³/mol. The van der Waals surface area contributed by atoms with E-state index in [9.17, 15) is 26.4 Å². The van der Waals surface area contributed by atoms with Crippen molar-refractivity contribution in [1.29, 1.82) is 5.26 Å². The molecular formula is C17H15F3N4O4S. The second kappa shape index (κ2) is 9.35. The number of hydrogen-bond donors (Lipinski definition) is 2. The smallest absolute Gasteiger partial charge is 0.422 e. The Labute approximate surface area is 164 Å². The molecular weight excluding hydrogens is 413 g/mol. The summed E-state index contributed by atoms with van der Waals surface area (Å²) < 4.78 is 67.0. The van der Waals surface area contributed by atoms with E-state index in [4.69, 9.17) is 5.26 Å². The van der Waals surface area contributed by atoms with E-state index < -0.39 is 28.7 Å². The number of carbonyl (C=O) groups excluding carboxylic acids is 1. The second-order valence-corrected chi connectivity index (χ2v) is 7.34. The van der Waals surface area contributed by atoms with Crippen LogP contribution < -0.4 is 14.8 Å². The van der Waals surface area contributed by atoms with Crippen LogP contribution in [-0.2, 0) is 10.0 Å². The highest BCUT2D eigenvalue weighted by Gasteiger charge is 2.28. The van der Waals surface area contributed by atoms with E-state index in [-0.39, 0.29) is 35.0 Å². The minimum Gasteiger partial charge on any atom is -0.468 e. The summed E-state index contributed by atoms with van der Waals surface area (Å²) in [4.78, 5) is 15.8. The van der Waals surface area contributed by atoms with E-state index in [1.54, 1.807) is 0 Å². The Morgan fingerprint density at radius 1 is 1.17 bits per heavy atom. The zero-order valence-electron chi connectivity index (χ0n) is 14.7. The molecule has 12 heteroatoms. The molecule has 0 bridgehead atoms. The Hall–Kier alpha value is -3.17. The van der Waals surface area contributed by atoms with E-state index in [0.717, 1.165) is 6.20 Å². The average Bonchev–Trinajstić information content (AvgIpc) is 2.67. The molecule has 0 aliphatic carbocycles. The van der Waals surface area contributed by atoms with Gasteiger partial charge in [-0.15, -0.1) is 0 Å². The average molecular weight is 428 g/mol. The third kappa shape index (κ3) is 7.05. The largest absolute Gasteiger partial charge is 0.468 e. The van der Waals surface area contributed by atoms with Gasteiger partial charge in [-0.1, -0.05) is 0 Å². The molecule has 0 spiro atoms. The van der Waals surface area contributed by atoms with Gasteiger partial charge < -0.3 is 10.1 Å². The SMILES string of the molecule is N#CCCNS(=O)(=O)c1ccc(C(=O)Nc2ccc(OCC(F)(F)F)nc2)cc1. The molecule has 1 aromatic carbocycles. The normalized spacial score (nSPS) is 11.5. The lowest BCUT2D eigenvalue weighted by Gasteiger charge is -2.09. The maximum Gasteiger partial charge on any atom is 0.422 e. The number of hydrogen-bond acceptors (Lipinski definition) is 6. The van der Waals surface area contributed by atoms with Gasteiger partial charge in [0, 0.05) is 24.6 Å². The van der Waals surface area contributed by atoms with Gasteiger partial charge in [-0.05, 0) is 30.3 Å². The summed E-state index contributed by atoms with van der Waals surface area (Å²) in [6.07, 6.45) is -3.34. The number of halogens is 3. The Morgan fingerprint density at radius 3 is 2.41 bits per heavy atom. The highest BCUT2D eigenvalue weighted by Crippen LogP contribution is 2.18.